The number of ether oxygens (including phenoxy) is 1. The van der Waals surface area contributed by atoms with Crippen LogP contribution in [0.5, 0.6) is 0 Å². The number of hydrogen-bond donors (Lipinski definition) is 1. The third-order valence-corrected chi connectivity index (χ3v) is 2.84. The highest BCUT2D eigenvalue weighted by Gasteiger charge is 2.11. The van der Waals surface area contributed by atoms with Crippen molar-refractivity contribution in [3.63, 3.8) is 0 Å². The fraction of sp³-hybridized carbons (Fsp3) is 0.154. The van der Waals surface area contributed by atoms with Gasteiger partial charge in [-0.3, -0.25) is 0 Å². The van der Waals surface area contributed by atoms with Gasteiger partial charge < -0.3 is 10.5 Å². The number of nitrogen functional groups attached to an aromatic ring is 1. The number of pyridine rings is 1. The second-order valence-electron chi connectivity index (χ2n) is 3.95. The summed E-state index contributed by atoms with van der Waals surface area (Å²) < 4.78 is 5.39. The minimum Gasteiger partial charge on any atom is -0.384 e. The van der Waals surface area contributed by atoms with Gasteiger partial charge in [-0.2, -0.15) is 0 Å². The fourth-order valence-corrected chi connectivity index (χ4v) is 1.93. The van der Waals surface area contributed by atoms with Crippen LogP contribution in [0.3, 0.4) is 0 Å². The molecule has 0 bridgehead atoms. The Morgan fingerprint density at radius 1 is 1.00 bits per heavy atom. The number of hydrogen-bond acceptors (Lipinski definition) is 3. The van der Waals surface area contributed by atoms with E-state index in [1.807, 2.05) is 12.1 Å². The first-order valence-electron chi connectivity index (χ1n) is 5.24. The summed E-state index contributed by atoms with van der Waals surface area (Å²) in [4.78, 5) is 4.10. The first-order chi connectivity index (χ1) is 7.83. The van der Waals surface area contributed by atoms with Gasteiger partial charge in [0.05, 0.1) is 13.2 Å². The maximum atomic E-state index is 5.56. The molecule has 1 aliphatic heterocycles. The maximum absolute atomic E-state index is 5.56. The first-order valence-corrected chi connectivity index (χ1v) is 5.24. The zero-order valence-electron chi connectivity index (χ0n) is 8.81. The van der Waals surface area contributed by atoms with Crippen molar-refractivity contribution in [2.24, 2.45) is 0 Å². The van der Waals surface area contributed by atoms with E-state index in [4.69, 9.17) is 10.5 Å². The van der Waals surface area contributed by atoms with Crippen molar-refractivity contribution in [3.05, 3.63) is 47.7 Å². The highest BCUT2D eigenvalue weighted by molar-refractivity contribution is 5.65. The summed E-state index contributed by atoms with van der Waals surface area (Å²) in [5, 5.41) is 0. The molecule has 1 aliphatic rings. The van der Waals surface area contributed by atoms with Gasteiger partial charge in [-0.15, -0.1) is 0 Å². The summed E-state index contributed by atoms with van der Waals surface area (Å²) in [5.74, 6) is 0.549. The predicted octanol–water partition coefficient (Wildman–Crippen LogP) is 2.36. The Labute approximate surface area is 93.9 Å². The van der Waals surface area contributed by atoms with Crippen LogP contribution in [0.25, 0.3) is 11.1 Å². The van der Waals surface area contributed by atoms with Crippen LogP contribution in [-0.2, 0) is 18.0 Å². The quantitative estimate of drug-likeness (QED) is 0.789. The average Bonchev–Trinajstić information content (AvgIpc) is 2.77. The molecule has 0 saturated carbocycles. The van der Waals surface area contributed by atoms with Crippen LogP contribution in [0.4, 0.5) is 5.82 Å². The summed E-state index contributed by atoms with van der Waals surface area (Å²) in [7, 11) is 0. The molecule has 2 heterocycles. The molecule has 2 N–H and O–H groups in total. The topological polar surface area (TPSA) is 48.1 Å². The van der Waals surface area contributed by atoms with Crippen LogP contribution in [0, 0.1) is 0 Å². The Kier molecular flexibility index (Phi) is 2.11. The minimum absolute atomic E-state index is 0.549. The van der Waals surface area contributed by atoms with Gasteiger partial charge in [0.2, 0.25) is 0 Å². The lowest BCUT2D eigenvalue weighted by Crippen LogP contribution is -1.90. The molecule has 0 radical (unpaired) electrons. The van der Waals surface area contributed by atoms with Gasteiger partial charge in [0.1, 0.15) is 5.82 Å². The third kappa shape index (κ3) is 1.55. The SMILES string of the molecule is Nc1ccc(-c2ccc3c(c2)COC3)cn1. The smallest absolute Gasteiger partial charge is 0.123 e. The van der Waals surface area contributed by atoms with Crippen LogP contribution >= 0.6 is 0 Å². The molecular formula is C13H12N2O. The van der Waals surface area contributed by atoms with Gasteiger partial charge in [-0.25, -0.2) is 4.98 Å². The van der Waals surface area contributed by atoms with Crippen molar-refractivity contribution < 1.29 is 4.74 Å². The summed E-state index contributed by atoms with van der Waals surface area (Å²) in [6.07, 6.45) is 1.80. The number of anilines is 1. The van der Waals surface area contributed by atoms with Gasteiger partial charge in [0, 0.05) is 11.8 Å². The van der Waals surface area contributed by atoms with Crippen molar-refractivity contribution in [3.8, 4) is 11.1 Å². The molecular weight excluding hydrogens is 200 g/mol. The second kappa shape index (κ2) is 3.61. The summed E-state index contributed by atoms with van der Waals surface area (Å²) in [5.41, 5.74) is 10.4. The Morgan fingerprint density at radius 2 is 1.81 bits per heavy atom. The summed E-state index contributed by atoms with van der Waals surface area (Å²) in [6, 6.07) is 10.2. The van der Waals surface area contributed by atoms with E-state index in [0.717, 1.165) is 17.7 Å². The second-order valence-corrected chi connectivity index (χ2v) is 3.95. The van der Waals surface area contributed by atoms with E-state index in [-0.39, 0.29) is 0 Å². The van der Waals surface area contributed by atoms with Crippen molar-refractivity contribution in [1.29, 1.82) is 0 Å². The van der Waals surface area contributed by atoms with Gasteiger partial charge in [0.15, 0.2) is 0 Å². The minimum atomic E-state index is 0.549. The zero-order chi connectivity index (χ0) is 11.0. The van der Waals surface area contributed by atoms with E-state index in [1.165, 1.54) is 11.1 Å². The Balaban J connectivity index is 2.03. The molecule has 0 aliphatic carbocycles. The fourth-order valence-electron chi connectivity index (χ4n) is 1.93. The lowest BCUT2D eigenvalue weighted by Gasteiger charge is -2.04. The van der Waals surface area contributed by atoms with Gasteiger partial charge in [-0.05, 0) is 34.9 Å². The number of rotatable bonds is 1. The van der Waals surface area contributed by atoms with E-state index in [0.29, 0.717) is 12.4 Å². The van der Waals surface area contributed by atoms with Crippen molar-refractivity contribution >= 4 is 5.82 Å². The molecule has 16 heavy (non-hydrogen) atoms. The lowest BCUT2D eigenvalue weighted by molar-refractivity contribution is 0.134. The van der Waals surface area contributed by atoms with E-state index in [9.17, 15) is 0 Å². The first kappa shape index (κ1) is 9.36. The highest BCUT2D eigenvalue weighted by Crippen LogP contribution is 2.26. The molecule has 0 fully saturated rings. The number of nitrogens with zero attached hydrogens (tertiary/aromatic N) is 1. The van der Waals surface area contributed by atoms with E-state index < -0.39 is 0 Å². The van der Waals surface area contributed by atoms with Crippen molar-refractivity contribution in [2.45, 2.75) is 13.2 Å². The summed E-state index contributed by atoms with van der Waals surface area (Å²) >= 11 is 0. The number of aromatic nitrogens is 1. The predicted molar refractivity (Wildman–Crippen MR) is 62.6 cm³/mol. The molecule has 80 valence electrons. The molecule has 3 heteroatoms. The van der Waals surface area contributed by atoms with E-state index >= 15 is 0 Å². The molecule has 3 nitrogen and oxygen atoms in total. The Bertz CT molecular complexity index is 520. The van der Waals surface area contributed by atoms with Crippen LogP contribution in [0.2, 0.25) is 0 Å². The molecule has 0 unspecified atom stereocenters. The maximum Gasteiger partial charge on any atom is 0.123 e. The van der Waals surface area contributed by atoms with E-state index in [1.54, 1.807) is 6.20 Å². The normalized spacial score (nSPS) is 13.8. The van der Waals surface area contributed by atoms with Crippen molar-refractivity contribution in [2.75, 3.05) is 5.73 Å². The summed E-state index contributed by atoms with van der Waals surface area (Å²) in [6.45, 7) is 1.45. The largest absolute Gasteiger partial charge is 0.384 e. The van der Waals surface area contributed by atoms with Gasteiger partial charge in [-0.1, -0.05) is 12.1 Å². The van der Waals surface area contributed by atoms with Gasteiger partial charge in [0.25, 0.3) is 0 Å². The number of benzene rings is 1. The molecule has 2 aromatic rings. The van der Waals surface area contributed by atoms with Crippen LogP contribution in [-0.4, -0.2) is 4.98 Å². The van der Waals surface area contributed by atoms with Crippen LogP contribution < -0.4 is 5.73 Å². The van der Waals surface area contributed by atoms with Crippen LogP contribution in [0.1, 0.15) is 11.1 Å². The lowest BCUT2D eigenvalue weighted by atomic mass is 10.0. The highest BCUT2D eigenvalue weighted by atomic mass is 16.5. The number of fused-ring (bicyclic) bond motifs is 1. The zero-order valence-corrected chi connectivity index (χ0v) is 8.81. The van der Waals surface area contributed by atoms with Gasteiger partial charge >= 0.3 is 0 Å². The molecule has 0 amide bonds. The standard InChI is InChI=1S/C13H12N2O/c14-13-4-3-10(6-15-13)9-1-2-11-7-16-8-12(11)5-9/h1-6H,7-8H2,(H2,14,15). The average molecular weight is 212 g/mol. The van der Waals surface area contributed by atoms with Crippen molar-refractivity contribution in [1.82, 2.24) is 4.98 Å². The van der Waals surface area contributed by atoms with E-state index in [2.05, 4.69) is 23.2 Å². The Hall–Kier alpha value is -1.87. The Morgan fingerprint density at radius 3 is 2.62 bits per heavy atom. The van der Waals surface area contributed by atoms with Crippen LogP contribution in [0.15, 0.2) is 36.5 Å². The molecule has 3 rings (SSSR count). The monoisotopic (exact) mass is 212 g/mol. The molecule has 0 saturated heterocycles. The third-order valence-electron chi connectivity index (χ3n) is 2.84. The molecule has 0 atom stereocenters. The molecule has 0 spiro atoms. The molecule has 1 aromatic carbocycles. The molecule has 1 aromatic heterocycles. The number of nitrogens with two attached hydrogens (primary N) is 1.